The molecule has 0 aliphatic rings. The number of hydrogen-bond donors (Lipinski definition) is 2. The van der Waals surface area contributed by atoms with Gasteiger partial charge >= 0.3 is 0 Å². The van der Waals surface area contributed by atoms with Gasteiger partial charge in [0.2, 0.25) is 5.89 Å². The first-order valence-electron chi connectivity index (χ1n) is 11.5. The molecule has 0 radical (unpaired) electrons. The zero-order valence-electron chi connectivity index (χ0n) is 19.5. The molecule has 178 valence electrons. The van der Waals surface area contributed by atoms with Crippen molar-refractivity contribution in [1.29, 1.82) is 0 Å². The van der Waals surface area contributed by atoms with Crippen molar-refractivity contribution in [2.75, 3.05) is 25.1 Å². The van der Waals surface area contributed by atoms with Crippen LogP contribution in [0.2, 0.25) is 0 Å². The van der Waals surface area contributed by atoms with E-state index < -0.39 is 0 Å². The molecule has 0 aliphatic heterocycles. The zero-order valence-corrected chi connectivity index (χ0v) is 19.5. The molecule has 2 N–H and O–H groups in total. The molecule has 2 amide bonds. The van der Waals surface area contributed by atoms with Crippen molar-refractivity contribution < 1.29 is 18.7 Å². The third kappa shape index (κ3) is 6.22. The fourth-order valence-electron chi connectivity index (χ4n) is 3.56. The molecule has 4 aromatic rings. The molecular formula is C28H27N3O4. The molecule has 35 heavy (non-hydrogen) atoms. The van der Waals surface area contributed by atoms with Gasteiger partial charge in [0, 0.05) is 42.1 Å². The molecule has 0 atom stereocenters. The van der Waals surface area contributed by atoms with E-state index in [2.05, 4.69) is 15.6 Å². The molecule has 1 aromatic heterocycles. The lowest BCUT2D eigenvalue weighted by molar-refractivity contribution is 0.0943. The summed E-state index contributed by atoms with van der Waals surface area (Å²) in [7, 11) is 0. The van der Waals surface area contributed by atoms with Crippen molar-refractivity contribution in [3.8, 4) is 22.8 Å². The fourth-order valence-corrected chi connectivity index (χ4v) is 3.56. The van der Waals surface area contributed by atoms with Crippen molar-refractivity contribution in [1.82, 2.24) is 10.3 Å². The zero-order chi connectivity index (χ0) is 24.5. The number of amides is 2. The molecule has 0 unspecified atom stereocenters. The Morgan fingerprint density at radius 2 is 1.74 bits per heavy atom. The number of anilines is 1. The van der Waals surface area contributed by atoms with Crippen LogP contribution in [0.25, 0.3) is 22.8 Å². The van der Waals surface area contributed by atoms with E-state index in [0.29, 0.717) is 53.8 Å². The molecule has 0 saturated carbocycles. The summed E-state index contributed by atoms with van der Waals surface area (Å²) >= 11 is 0. The molecule has 1 heterocycles. The van der Waals surface area contributed by atoms with Crippen LogP contribution in [0.5, 0.6) is 0 Å². The molecule has 4 rings (SSSR count). The van der Waals surface area contributed by atoms with E-state index in [1.165, 1.54) is 0 Å². The van der Waals surface area contributed by atoms with Crippen molar-refractivity contribution in [2.24, 2.45) is 0 Å². The van der Waals surface area contributed by atoms with Crippen LogP contribution >= 0.6 is 0 Å². The highest BCUT2D eigenvalue weighted by molar-refractivity contribution is 6.08. The molecule has 7 nitrogen and oxygen atoms in total. The second-order valence-electron chi connectivity index (χ2n) is 7.78. The fraction of sp³-hybridized carbons (Fsp3) is 0.179. The molecular weight excluding hydrogens is 442 g/mol. The number of nitrogens with zero attached hydrogens (tertiary/aromatic N) is 1. The molecule has 0 bridgehead atoms. The number of aromatic nitrogens is 1. The maximum absolute atomic E-state index is 13.1. The van der Waals surface area contributed by atoms with E-state index in [9.17, 15) is 9.59 Å². The SMILES string of the molecule is CCOCCCNC(=O)c1cccc(NC(=O)c2ccccc2-c2ncc(-c3ccccc3)o2)c1. The van der Waals surface area contributed by atoms with Crippen LogP contribution < -0.4 is 10.6 Å². The minimum Gasteiger partial charge on any atom is -0.436 e. The van der Waals surface area contributed by atoms with Gasteiger partial charge in [-0.1, -0.05) is 48.5 Å². The molecule has 7 heteroatoms. The third-order valence-corrected chi connectivity index (χ3v) is 5.30. The Morgan fingerprint density at radius 1 is 0.943 bits per heavy atom. The second kappa shape index (κ2) is 11.8. The minimum absolute atomic E-state index is 0.203. The standard InChI is InChI=1S/C28H27N3O4/c1-2-34-17-9-16-29-26(32)21-12-8-13-22(18-21)31-27(33)23-14-6-7-15-24(23)28-30-19-25(35-28)20-10-4-3-5-11-20/h3-8,10-15,18-19H,2,9,16-17H2,1H3,(H,29,32)(H,31,33). The Hall–Kier alpha value is -4.23. The van der Waals surface area contributed by atoms with Crippen molar-refractivity contribution >= 4 is 17.5 Å². The maximum atomic E-state index is 13.1. The topological polar surface area (TPSA) is 93.5 Å². The van der Waals surface area contributed by atoms with Crippen molar-refractivity contribution in [3.05, 3.63) is 96.2 Å². The highest BCUT2D eigenvalue weighted by Gasteiger charge is 2.17. The average molecular weight is 470 g/mol. The summed E-state index contributed by atoms with van der Waals surface area (Å²) in [6.07, 6.45) is 2.38. The smallest absolute Gasteiger partial charge is 0.256 e. The summed E-state index contributed by atoms with van der Waals surface area (Å²) in [5.41, 5.74) is 2.88. The quantitative estimate of drug-likeness (QED) is 0.303. The molecule has 0 fully saturated rings. The second-order valence-corrected chi connectivity index (χ2v) is 7.78. The average Bonchev–Trinajstić information content (AvgIpc) is 3.39. The number of ether oxygens (including phenoxy) is 1. The lowest BCUT2D eigenvalue weighted by atomic mass is 10.1. The van der Waals surface area contributed by atoms with Crippen molar-refractivity contribution in [3.63, 3.8) is 0 Å². The number of benzene rings is 3. The molecule has 0 saturated heterocycles. The summed E-state index contributed by atoms with van der Waals surface area (Å²) in [6.45, 7) is 3.71. The van der Waals surface area contributed by atoms with Gasteiger partial charge < -0.3 is 19.8 Å². The first kappa shape index (κ1) is 23.9. The molecule has 0 spiro atoms. The first-order chi connectivity index (χ1) is 17.2. The van der Waals surface area contributed by atoms with E-state index in [1.54, 1.807) is 48.7 Å². The lowest BCUT2D eigenvalue weighted by Gasteiger charge is -2.10. The summed E-state index contributed by atoms with van der Waals surface area (Å²) in [6, 6.07) is 23.6. The largest absolute Gasteiger partial charge is 0.436 e. The van der Waals surface area contributed by atoms with Gasteiger partial charge in [0.15, 0.2) is 5.76 Å². The van der Waals surface area contributed by atoms with Gasteiger partial charge in [0.1, 0.15) is 0 Å². The van der Waals surface area contributed by atoms with E-state index in [1.807, 2.05) is 43.3 Å². The molecule has 3 aromatic carbocycles. The van der Waals surface area contributed by atoms with Gasteiger partial charge in [-0.2, -0.15) is 0 Å². The minimum atomic E-state index is -0.325. The maximum Gasteiger partial charge on any atom is 0.256 e. The summed E-state index contributed by atoms with van der Waals surface area (Å²) in [5, 5.41) is 5.74. The third-order valence-electron chi connectivity index (χ3n) is 5.30. The van der Waals surface area contributed by atoms with Gasteiger partial charge in [-0.3, -0.25) is 9.59 Å². The van der Waals surface area contributed by atoms with Crippen LogP contribution in [-0.2, 0) is 4.74 Å². The first-order valence-corrected chi connectivity index (χ1v) is 11.5. The van der Waals surface area contributed by atoms with Gasteiger partial charge in [0.25, 0.3) is 11.8 Å². The van der Waals surface area contributed by atoms with Crippen LogP contribution in [0.15, 0.2) is 89.5 Å². The summed E-state index contributed by atoms with van der Waals surface area (Å²) < 4.78 is 11.2. The highest BCUT2D eigenvalue weighted by atomic mass is 16.5. The molecule has 0 aliphatic carbocycles. The summed E-state index contributed by atoms with van der Waals surface area (Å²) in [5.74, 6) is 0.450. The van der Waals surface area contributed by atoms with Crippen LogP contribution in [0.3, 0.4) is 0 Å². The lowest BCUT2D eigenvalue weighted by Crippen LogP contribution is -2.25. The number of oxazole rings is 1. The predicted molar refractivity (Wildman–Crippen MR) is 135 cm³/mol. The Balaban J connectivity index is 1.47. The summed E-state index contributed by atoms with van der Waals surface area (Å²) in [4.78, 5) is 30.0. The number of hydrogen-bond acceptors (Lipinski definition) is 5. The van der Waals surface area contributed by atoms with E-state index >= 15 is 0 Å². The van der Waals surface area contributed by atoms with Crippen LogP contribution in [0.1, 0.15) is 34.1 Å². The Bertz CT molecular complexity index is 1280. The Labute approximate surface area is 204 Å². The number of carbonyl (C=O) groups is 2. The van der Waals surface area contributed by atoms with Crippen LogP contribution in [0.4, 0.5) is 5.69 Å². The normalized spacial score (nSPS) is 10.7. The van der Waals surface area contributed by atoms with E-state index in [4.69, 9.17) is 9.15 Å². The number of nitrogens with one attached hydrogen (secondary N) is 2. The number of rotatable bonds is 10. The van der Waals surface area contributed by atoms with Crippen LogP contribution in [-0.4, -0.2) is 36.6 Å². The van der Waals surface area contributed by atoms with Crippen LogP contribution in [0, 0.1) is 0 Å². The Kier molecular flexibility index (Phi) is 8.04. The number of carbonyl (C=O) groups excluding carboxylic acids is 2. The predicted octanol–water partition coefficient (Wildman–Crippen LogP) is 5.42. The van der Waals surface area contributed by atoms with E-state index in [-0.39, 0.29) is 11.8 Å². The van der Waals surface area contributed by atoms with Crippen molar-refractivity contribution in [2.45, 2.75) is 13.3 Å². The van der Waals surface area contributed by atoms with Gasteiger partial charge in [-0.15, -0.1) is 0 Å². The van der Waals surface area contributed by atoms with Gasteiger partial charge in [0.05, 0.1) is 11.8 Å². The highest BCUT2D eigenvalue weighted by Crippen LogP contribution is 2.28. The monoisotopic (exact) mass is 469 g/mol. The van der Waals surface area contributed by atoms with E-state index in [0.717, 1.165) is 12.0 Å². The van der Waals surface area contributed by atoms with Gasteiger partial charge in [-0.05, 0) is 43.7 Å². The Morgan fingerprint density at radius 3 is 2.57 bits per heavy atom. The van der Waals surface area contributed by atoms with Gasteiger partial charge in [-0.25, -0.2) is 4.98 Å².